The van der Waals surface area contributed by atoms with Crippen LogP contribution in [0.15, 0.2) is 72.9 Å². The molecule has 0 saturated carbocycles. The van der Waals surface area contributed by atoms with Gasteiger partial charge in [0.15, 0.2) is 5.82 Å². The molecule has 2 aromatic heterocycles. The molecule has 2 heterocycles. The highest BCUT2D eigenvalue weighted by molar-refractivity contribution is 6.36. The smallest absolute Gasteiger partial charge is 0.255 e. The molecule has 0 saturated heterocycles. The lowest BCUT2D eigenvalue weighted by Gasteiger charge is -2.05. The number of fused-ring (bicyclic) bond motifs is 1. The number of halogens is 1. The number of carbonyl (C=O) groups excluding carboxylic acids is 1. The van der Waals surface area contributed by atoms with E-state index in [4.69, 9.17) is 16.6 Å². The number of rotatable bonds is 5. The minimum Gasteiger partial charge on any atom is -0.322 e. The minimum absolute atomic E-state index is 0.165. The summed E-state index contributed by atoms with van der Waals surface area (Å²) in [6.45, 7) is 0. The standard InChI is InChI=1S/C24H19ClN6O/c1-31-21(13-17-11-12-20-19(22(17)25)14-26-29-20)28-23(30-31)15-7-9-16(10-8-15)24(32)27-18-5-3-2-4-6-18/h2-12,14H,13H2,1H3,(H,26,29)(H,27,32). The molecule has 7 nitrogen and oxygen atoms in total. The van der Waals surface area contributed by atoms with Crippen molar-refractivity contribution in [1.82, 2.24) is 25.0 Å². The molecule has 0 atom stereocenters. The van der Waals surface area contributed by atoms with Crippen molar-refractivity contribution in [3.63, 3.8) is 0 Å². The van der Waals surface area contributed by atoms with Crippen LogP contribution in [0.3, 0.4) is 0 Å². The highest BCUT2D eigenvalue weighted by atomic mass is 35.5. The Kier molecular flexibility index (Phi) is 5.17. The topological polar surface area (TPSA) is 88.5 Å². The van der Waals surface area contributed by atoms with E-state index in [9.17, 15) is 4.79 Å². The third-order valence-corrected chi connectivity index (χ3v) is 5.72. The molecule has 0 aliphatic heterocycles. The zero-order valence-corrected chi connectivity index (χ0v) is 18.0. The van der Waals surface area contributed by atoms with E-state index in [0.717, 1.165) is 33.5 Å². The van der Waals surface area contributed by atoms with Crippen LogP contribution >= 0.6 is 11.6 Å². The first-order valence-electron chi connectivity index (χ1n) is 10.1. The van der Waals surface area contributed by atoms with Gasteiger partial charge in [-0.05, 0) is 35.9 Å². The van der Waals surface area contributed by atoms with E-state index in [0.29, 0.717) is 22.8 Å². The molecule has 5 aromatic rings. The van der Waals surface area contributed by atoms with Crippen LogP contribution in [0.5, 0.6) is 0 Å². The largest absolute Gasteiger partial charge is 0.322 e. The molecule has 0 fully saturated rings. The van der Waals surface area contributed by atoms with Crippen LogP contribution in [0.2, 0.25) is 5.02 Å². The Morgan fingerprint density at radius 3 is 2.62 bits per heavy atom. The van der Waals surface area contributed by atoms with Crippen molar-refractivity contribution in [2.24, 2.45) is 7.05 Å². The lowest BCUT2D eigenvalue weighted by Crippen LogP contribution is -2.11. The maximum atomic E-state index is 12.5. The second-order valence-corrected chi connectivity index (χ2v) is 7.80. The molecule has 0 aliphatic rings. The average Bonchev–Trinajstić information content (AvgIpc) is 3.44. The Labute approximate surface area is 189 Å². The number of carbonyl (C=O) groups is 1. The van der Waals surface area contributed by atoms with Gasteiger partial charge in [-0.1, -0.05) is 48.0 Å². The van der Waals surface area contributed by atoms with Gasteiger partial charge >= 0.3 is 0 Å². The Morgan fingerprint density at radius 2 is 1.84 bits per heavy atom. The van der Waals surface area contributed by atoms with Gasteiger partial charge in [-0.25, -0.2) is 4.98 Å². The second kappa shape index (κ2) is 8.28. The van der Waals surface area contributed by atoms with Gasteiger partial charge in [0.05, 0.1) is 16.7 Å². The molecular formula is C24H19ClN6O. The van der Waals surface area contributed by atoms with E-state index < -0.39 is 0 Å². The number of hydrogen-bond acceptors (Lipinski definition) is 4. The number of anilines is 1. The Balaban J connectivity index is 1.35. The number of nitrogens with one attached hydrogen (secondary N) is 2. The van der Waals surface area contributed by atoms with Crippen molar-refractivity contribution in [3.8, 4) is 11.4 Å². The van der Waals surface area contributed by atoms with Crippen LogP contribution in [0.25, 0.3) is 22.3 Å². The maximum Gasteiger partial charge on any atom is 0.255 e. The fourth-order valence-corrected chi connectivity index (χ4v) is 3.80. The second-order valence-electron chi connectivity index (χ2n) is 7.42. The molecule has 3 aromatic carbocycles. The van der Waals surface area contributed by atoms with Crippen molar-refractivity contribution in [2.45, 2.75) is 6.42 Å². The van der Waals surface area contributed by atoms with Crippen molar-refractivity contribution >= 4 is 34.1 Å². The van der Waals surface area contributed by atoms with E-state index >= 15 is 0 Å². The first-order chi connectivity index (χ1) is 15.6. The van der Waals surface area contributed by atoms with Crippen molar-refractivity contribution < 1.29 is 4.79 Å². The van der Waals surface area contributed by atoms with E-state index in [1.165, 1.54) is 0 Å². The Bertz CT molecular complexity index is 1410. The van der Waals surface area contributed by atoms with Gasteiger partial charge in [-0.15, -0.1) is 0 Å². The van der Waals surface area contributed by atoms with E-state index in [-0.39, 0.29) is 5.91 Å². The molecule has 0 aliphatic carbocycles. The predicted molar refractivity (Wildman–Crippen MR) is 125 cm³/mol. The molecule has 0 radical (unpaired) electrons. The third-order valence-electron chi connectivity index (χ3n) is 5.28. The van der Waals surface area contributed by atoms with E-state index in [1.54, 1.807) is 23.0 Å². The summed E-state index contributed by atoms with van der Waals surface area (Å²) in [4.78, 5) is 17.2. The highest BCUT2D eigenvalue weighted by Gasteiger charge is 2.14. The molecule has 0 spiro atoms. The third kappa shape index (κ3) is 3.86. The number of aryl methyl sites for hydroxylation is 1. The summed E-state index contributed by atoms with van der Waals surface area (Å²) in [5.41, 5.74) is 4.00. The monoisotopic (exact) mass is 442 g/mol. The molecule has 0 bridgehead atoms. The minimum atomic E-state index is -0.165. The lowest BCUT2D eigenvalue weighted by atomic mass is 10.1. The Morgan fingerprint density at radius 1 is 1.06 bits per heavy atom. The van der Waals surface area contributed by atoms with E-state index in [2.05, 4.69) is 20.6 Å². The predicted octanol–water partition coefficient (Wildman–Crippen LogP) is 4.85. The van der Waals surface area contributed by atoms with Crippen LogP contribution in [-0.4, -0.2) is 30.9 Å². The highest BCUT2D eigenvalue weighted by Crippen LogP contribution is 2.28. The number of aromatic nitrogens is 5. The normalized spacial score (nSPS) is 11.1. The summed E-state index contributed by atoms with van der Waals surface area (Å²) >= 11 is 6.56. The number of benzene rings is 3. The lowest BCUT2D eigenvalue weighted by molar-refractivity contribution is 0.102. The maximum absolute atomic E-state index is 12.5. The van der Waals surface area contributed by atoms with Crippen LogP contribution in [0.1, 0.15) is 21.7 Å². The first-order valence-corrected chi connectivity index (χ1v) is 10.4. The SMILES string of the molecule is Cn1nc(-c2ccc(C(=O)Nc3ccccc3)cc2)nc1Cc1ccc2[nH]ncc2c1Cl. The van der Waals surface area contributed by atoms with Gasteiger partial charge in [-0.3, -0.25) is 14.6 Å². The number of H-pyrrole nitrogens is 1. The molecule has 2 N–H and O–H groups in total. The van der Waals surface area contributed by atoms with Crippen molar-refractivity contribution in [3.05, 3.63) is 94.9 Å². The van der Waals surface area contributed by atoms with Crippen LogP contribution in [0.4, 0.5) is 5.69 Å². The molecule has 0 unspecified atom stereocenters. The average molecular weight is 443 g/mol. The fraction of sp³-hybridized carbons (Fsp3) is 0.0833. The van der Waals surface area contributed by atoms with Crippen LogP contribution < -0.4 is 5.32 Å². The van der Waals surface area contributed by atoms with E-state index in [1.807, 2.05) is 61.6 Å². The van der Waals surface area contributed by atoms with Crippen LogP contribution in [0, 0.1) is 0 Å². The molecule has 8 heteroatoms. The number of aromatic amines is 1. The van der Waals surface area contributed by atoms with Gasteiger partial charge in [0, 0.05) is 35.7 Å². The summed E-state index contributed by atoms with van der Waals surface area (Å²) in [6.07, 6.45) is 2.26. The molecule has 5 rings (SSSR count). The first kappa shape index (κ1) is 20.0. The number of hydrogen-bond donors (Lipinski definition) is 2. The molecule has 158 valence electrons. The molecule has 1 amide bonds. The van der Waals surface area contributed by atoms with Gasteiger partial charge in [0.1, 0.15) is 5.82 Å². The number of nitrogens with zero attached hydrogens (tertiary/aromatic N) is 4. The molecular weight excluding hydrogens is 424 g/mol. The van der Waals surface area contributed by atoms with Crippen molar-refractivity contribution in [2.75, 3.05) is 5.32 Å². The van der Waals surface area contributed by atoms with Gasteiger partial charge in [0.2, 0.25) is 0 Å². The summed E-state index contributed by atoms with van der Waals surface area (Å²) in [7, 11) is 1.86. The van der Waals surface area contributed by atoms with Crippen LogP contribution in [-0.2, 0) is 13.5 Å². The quantitative estimate of drug-likeness (QED) is 0.407. The van der Waals surface area contributed by atoms with Gasteiger partial charge in [-0.2, -0.15) is 10.2 Å². The summed E-state index contributed by atoms with van der Waals surface area (Å²) in [6, 6.07) is 20.5. The zero-order chi connectivity index (χ0) is 22.1. The summed E-state index contributed by atoms with van der Waals surface area (Å²) < 4.78 is 1.75. The number of amides is 1. The van der Waals surface area contributed by atoms with Gasteiger partial charge < -0.3 is 5.32 Å². The van der Waals surface area contributed by atoms with Gasteiger partial charge in [0.25, 0.3) is 5.91 Å². The number of para-hydroxylation sites is 1. The Hall–Kier alpha value is -3.97. The molecule has 32 heavy (non-hydrogen) atoms. The summed E-state index contributed by atoms with van der Waals surface area (Å²) in [5, 5.41) is 15.9. The van der Waals surface area contributed by atoms with Crippen molar-refractivity contribution in [1.29, 1.82) is 0 Å². The zero-order valence-electron chi connectivity index (χ0n) is 17.2. The summed E-state index contributed by atoms with van der Waals surface area (Å²) in [5.74, 6) is 1.22. The fourth-order valence-electron chi connectivity index (χ4n) is 3.52.